The van der Waals surface area contributed by atoms with Crippen LogP contribution in [0.4, 0.5) is 4.79 Å². The number of benzene rings is 1. The quantitative estimate of drug-likeness (QED) is 0.425. The molecule has 0 aromatic heterocycles. The minimum absolute atomic E-state index is 0.149. The lowest BCUT2D eigenvalue weighted by molar-refractivity contribution is -0.141. The van der Waals surface area contributed by atoms with Crippen LogP contribution in [0.5, 0.6) is 5.75 Å². The van der Waals surface area contributed by atoms with Gasteiger partial charge in [0.25, 0.3) is 15.9 Å². The van der Waals surface area contributed by atoms with E-state index in [2.05, 4.69) is 15.4 Å². The van der Waals surface area contributed by atoms with E-state index in [9.17, 15) is 27.6 Å². The molecular formula is C30H42N4O8S. The molecule has 13 heteroatoms. The number of nitrogens with one attached hydrogen (secondary N) is 3. The number of ether oxygens (including phenoxy) is 2. The smallest absolute Gasteiger partial charge is 0.408 e. The number of nitrogens with zero attached hydrogens (tertiary/aromatic N) is 1. The Bertz CT molecular complexity index is 1370. The standard InChI is InChI=1S/C30H42N4O8S/c1-29(2,3)42-28(38)31-23-15-9-7-5-6-8-12-20-19-30(20,32-25(35)24-16-11-17-34(24)26(23)36)27(37)33-43(39,40)22-14-10-13-21(18-22)41-4/h8,10,12-14,18,20,23-24H,5-7,9,11,15-17,19H2,1-4H3,(H,31,38)(H,32,35)(H,33,37). The highest BCUT2D eigenvalue weighted by Crippen LogP contribution is 2.45. The Hall–Kier alpha value is -3.61. The molecule has 1 saturated heterocycles. The van der Waals surface area contributed by atoms with Gasteiger partial charge in [0.05, 0.1) is 12.0 Å². The highest BCUT2D eigenvalue weighted by Gasteiger charge is 2.61. The first kappa shape index (κ1) is 32.3. The first-order valence-electron chi connectivity index (χ1n) is 14.8. The number of allylic oxidation sites excluding steroid dienone is 1. The highest BCUT2D eigenvalue weighted by atomic mass is 32.2. The molecule has 0 bridgehead atoms. The number of carbonyl (C=O) groups is 4. The minimum Gasteiger partial charge on any atom is -0.497 e. The fraction of sp³-hybridized carbons (Fsp3) is 0.600. The summed E-state index contributed by atoms with van der Waals surface area (Å²) in [5, 5.41) is 5.51. The maximum Gasteiger partial charge on any atom is 0.408 e. The largest absolute Gasteiger partial charge is 0.497 e. The highest BCUT2D eigenvalue weighted by molar-refractivity contribution is 7.90. The van der Waals surface area contributed by atoms with Gasteiger partial charge in [-0.3, -0.25) is 14.4 Å². The van der Waals surface area contributed by atoms with E-state index < -0.39 is 57.1 Å². The Morgan fingerprint density at radius 1 is 1.09 bits per heavy atom. The summed E-state index contributed by atoms with van der Waals surface area (Å²) in [5.74, 6) is -1.87. The molecule has 1 aromatic rings. The maximum atomic E-state index is 13.7. The number of carbonyl (C=O) groups excluding carboxylic acids is 4. The van der Waals surface area contributed by atoms with E-state index in [1.165, 1.54) is 30.2 Å². The predicted molar refractivity (Wildman–Crippen MR) is 157 cm³/mol. The normalized spacial score (nSPS) is 26.6. The van der Waals surface area contributed by atoms with Crippen LogP contribution in [0, 0.1) is 5.92 Å². The monoisotopic (exact) mass is 618 g/mol. The lowest BCUT2D eigenvalue weighted by Crippen LogP contribution is -2.58. The zero-order valence-corrected chi connectivity index (χ0v) is 26.0. The van der Waals surface area contributed by atoms with Crippen LogP contribution < -0.4 is 20.1 Å². The second-order valence-corrected chi connectivity index (χ2v) is 14.0. The average Bonchev–Trinajstić information content (AvgIpc) is 3.39. The Morgan fingerprint density at radius 3 is 2.58 bits per heavy atom. The molecule has 4 rings (SSSR count). The van der Waals surface area contributed by atoms with Crippen LogP contribution in [-0.2, 0) is 29.1 Å². The van der Waals surface area contributed by atoms with E-state index >= 15 is 0 Å². The van der Waals surface area contributed by atoms with Gasteiger partial charge in [-0.05, 0) is 71.4 Å². The fourth-order valence-corrected chi connectivity index (χ4v) is 6.66. The molecule has 2 aliphatic heterocycles. The maximum absolute atomic E-state index is 13.7. The molecule has 1 aromatic carbocycles. The predicted octanol–water partition coefficient (Wildman–Crippen LogP) is 2.78. The molecule has 3 aliphatic rings. The van der Waals surface area contributed by atoms with Crippen molar-refractivity contribution in [1.29, 1.82) is 0 Å². The number of alkyl carbamates (subject to hydrolysis) is 1. The van der Waals surface area contributed by atoms with Crippen LogP contribution in [0.1, 0.15) is 72.1 Å². The molecule has 43 heavy (non-hydrogen) atoms. The van der Waals surface area contributed by atoms with Crippen LogP contribution in [0.15, 0.2) is 41.3 Å². The molecule has 2 fully saturated rings. The van der Waals surface area contributed by atoms with Gasteiger partial charge in [0.15, 0.2) is 0 Å². The van der Waals surface area contributed by atoms with Gasteiger partial charge in [0.1, 0.15) is 29.0 Å². The SMILES string of the molecule is COc1cccc(S(=O)(=O)NC(=O)C23CC2C=CCCCCCC(NC(=O)OC(C)(C)C)C(=O)N2CCCC2C(=O)N3)c1. The second kappa shape index (κ2) is 12.9. The van der Waals surface area contributed by atoms with Crippen molar-refractivity contribution in [2.24, 2.45) is 5.92 Å². The molecule has 0 spiro atoms. The Labute approximate surface area is 253 Å². The average molecular weight is 619 g/mol. The number of amides is 4. The van der Waals surface area contributed by atoms with Crippen LogP contribution in [0.2, 0.25) is 0 Å². The molecule has 4 amide bonds. The van der Waals surface area contributed by atoms with Crippen molar-refractivity contribution in [3.05, 3.63) is 36.4 Å². The van der Waals surface area contributed by atoms with Gasteiger partial charge in [0, 0.05) is 18.5 Å². The summed E-state index contributed by atoms with van der Waals surface area (Å²) in [6, 6.07) is 3.99. The molecule has 12 nitrogen and oxygen atoms in total. The summed E-state index contributed by atoms with van der Waals surface area (Å²) in [5.41, 5.74) is -2.23. The van der Waals surface area contributed by atoms with Crippen molar-refractivity contribution < 1.29 is 37.1 Å². The molecule has 236 valence electrons. The van der Waals surface area contributed by atoms with Crippen molar-refractivity contribution in [2.75, 3.05) is 13.7 Å². The number of rotatable bonds is 5. The third kappa shape index (κ3) is 7.87. The third-order valence-electron chi connectivity index (χ3n) is 7.90. The van der Waals surface area contributed by atoms with Gasteiger partial charge in [-0.15, -0.1) is 0 Å². The second-order valence-electron chi connectivity index (χ2n) is 12.3. The fourth-order valence-electron chi connectivity index (χ4n) is 5.58. The first-order chi connectivity index (χ1) is 20.3. The molecule has 4 atom stereocenters. The van der Waals surface area contributed by atoms with Crippen LogP contribution >= 0.6 is 0 Å². The Balaban J connectivity index is 1.56. The minimum atomic E-state index is -4.27. The van der Waals surface area contributed by atoms with Crippen molar-refractivity contribution in [1.82, 2.24) is 20.3 Å². The molecule has 1 saturated carbocycles. The molecule has 3 N–H and O–H groups in total. The van der Waals surface area contributed by atoms with Crippen molar-refractivity contribution in [3.63, 3.8) is 0 Å². The lowest BCUT2D eigenvalue weighted by Gasteiger charge is -2.30. The van der Waals surface area contributed by atoms with E-state index in [-0.39, 0.29) is 17.2 Å². The molecular weight excluding hydrogens is 576 g/mol. The van der Waals surface area contributed by atoms with E-state index in [1.54, 1.807) is 26.8 Å². The van der Waals surface area contributed by atoms with E-state index in [0.717, 1.165) is 12.8 Å². The van der Waals surface area contributed by atoms with Gasteiger partial charge in [-0.25, -0.2) is 17.9 Å². The summed E-state index contributed by atoms with van der Waals surface area (Å²) in [6.45, 7) is 5.52. The molecule has 2 heterocycles. The number of hydrogen-bond acceptors (Lipinski definition) is 8. The first-order valence-corrected chi connectivity index (χ1v) is 16.2. The summed E-state index contributed by atoms with van der Waals surface area (Å²) in [4.78, 5) is 54.8. The van der Waals surface area contributed by atoms with E-state index in [0.29, 0.717) is 44.4 Å². The zero-order valence-electron chi connectivity index (χ0n) is 25.2. The van der Waals surface area contributed by atoms with Gasteiger partial charge >= 0.3 is 6.09 Å². The Kier molecular flexibility index (Phi) is 9.73. The van der Waals surface area contributed by atoms with Gasteiger partial charge in [-0.2, -0.15) is 0 Å². The Morgan fingerprint density at radius 2 is 1.86 bits per heavy atom. The van der Waals surface area contributed by atoms with Crippen LogP contribution in [0.25, 0.3) is 0 Å². The molecule has 4 unspecified atom stereocenters. The van der Waals surface area contributed by atoms with Crippen LogP contribution in [0.3, 0.4) is 0 Å². The van der Waals surface area contributed by atoms with Crippen LogP contribution in [-0.4, -0.2) is 74.0 Å². The third-order valence-corrected chi connectivity index (χ3v) is 9.23. The van der Waals surface area contributed by atoms with Crippen molar-refractivity contribution >= 4 is 33.8 Å². The summed E-state index contributed by atoms with van der Waals surface area (Å²) >= 11 is 0. The van der Waals surface area contributed by atoms with Gasteiger partial charge in [-0.1, -0.05) is 31.1 Å². The van der Waals surface area contributed by atoms with E-state index in [1.807, 2.05) is 12.2 Å². The molecule has 1 aliphatic carbocycles. The van der Waals surface area contributed by atoms with Crippen molar-refractivity contribution in [3.8, 4) is 5.75 Å². The summed E-state index contributed by atoms with van der Waals surface area (Å²) in [7, 11) is -2.86. The summed E-state index contributed by atoms with van der Waals surface area (Å²) < 4.78 is 38.9. The zero-order chi connectivity index (χ0) is 31.4. The van der Waals surface area contributed by atoms with Gasteiger partial charge in [0.2, 0.25) is 11.8 Å². The summed E-state index contributed by atoms with van der Waals surface area (Å²) in [6.07, 6.45) is 7.64. The van der Waals surface area contributed by atoms with Gasteiger partial charge < -0.3 is 25.0 Å². The number of hydrogen-bond donors (Lipinski definition) is 3. The lowest BCUT2D eigenvalue weighted by atomic mass is 10.0. The molecule has 0 radical (unpaired) electrons. The number of methoxy groups -OCH3 is 1. The van der Waals surface area contributed by atoms with Crippen molar-refractivity contribution in [2.45, 2.75) is 100 Å². The topological polar surface area (TPSA) is 160 Å². The van der Waals surface area contributed by atoms with E-state index in [4.69, 9.17) is 9.47 Å². The number of sulfonamides is 1. The number of fused-ring (bicyclic) bond motifs is 2.